The van der Waals surface area contributed by atoms with Crippen LogP contribution in [0.3, 0.4) is 0 Å². The fraction of sp³-hybridized carbons (Fsp3) is 0.846. The molecule has 18 heavy (non-hydrogen) atoms. The van der Waals surface area contributed by atoms with Crippen molar-refractivity contribution in [2.75, 3.05) is 19.6 Å². The van der Waals surface area contributed by atoms with E-state index in [1.165, 1.54) is 0 Å². The van der Waals surface area contributed by atoms with Crippen LogP contribution in [-0.2, 0) is 4.79 Å². The predicted molar refractivity (Wildman–Crippen MR) is 69.4 cm³/mol. The molecule has 2 N–H and O–H groups in total. The molecule has 1 saturated heterocycles. The molecular weight excluding hydrogens is 232 g/mol. The number of unbranched alkanes of at least 4 members (excludes halogenated alkanes) is 1. The highest BCUT2D eigenvalue weighted by molar-refractivity contribution is 5.74. The second-order valence-electron chi connectivity index (χ2n) is 5.27. The van der Waals surface area contributed by atoms with Gasteiger partial charge in [0.1, 0.15) is 0 Å². The Morgan fingerprint density at radius 3 is 2.61 bits per heavy atom. The van der Waals surface area contributed by atoms with Gasteiger partial charge in [0, 0.05) is 26.1 Å². The summed E-state index contributed by atoms with van der Waals surface area (Å²) in [4.78, 5) is 24.0. The predicted octanol–water partition coefficient (Wildman–Crippen LogP) is 1.93. The molecule has 1 heterocycles. The highest BCUT2D eigenvalue weighted by Gasteiger charge is 2.25. The average molecular weight is 256 g/mol. The van der Waals surface area contributed by atoms with Crippen molar-refractivity contribution in [3.05, 3.63) is 0 Å². The van der Waals surface area contributed by atoms with Crippen molar-refractivity contribution in [3.63, 3.8) is 0 Å². The van der Waals surface area contributed by atoms with E-state index in [9.17, 15) is 9.59 Å². The van der Waals surface area contributed by atoms with Gasteiger partial charge in [-0.2, -0.15) is 0 Å². The highest BCUT2D eigenvalue weighted by atomic mass is 16.4. The Hall–Kier alpha value is -1.26. The van der Waals surface area contributed by atoms with Crippen molar-refractivity contribution in [1.29, 1.82) is 0 Å². The van der Waals surface area contributed by atoms with Gasteiger partial charge in [-0.05, 0) is 31.1 Å². The van der Waals surface area contributed by atoms with Crippen LogP contribution in [0.4, 0.5) is 4.79 Å². The van der Waals surface area contributed by atoms with Crippen LogP contribution in [0.15, 0.2) is 0 Å². The van der Waals surface area contributed by atoms with E-state index in [4.69, 9.17) is 5.11 Å². The van der Waals surface area contributed by atoms with Crippen LogP contribution in [0.1, 0.15) is 39.5 Å². The fourth-order valence-electron chi connectivity index (χ4n) is 2.16. The molecule has 1 rings (SSSR count). The normalized spacial score (nSPS) is 23.8. The van der Waals surface area contributed by atoms with Crippen molar-refractivity contribution in [2.24, 2.45) is 11.8 Å². The summed E-state index contributed by atoms with van der Waals surface area (Å²) >= 11 is 0. The lowest BCUT2D eigenvalue weighted by molar-refractivity contribution is -0.137. The van der Waals surface area contributed by atoms with E-state index in [1.54, 1.807) is 0 Å². The molecule has 0 aromatic carbocycles. The summed E-state index contributed by atoms with van der Waals surface area (Å²) < 4.78 is 0. The molecule has 0 spiro atoms. The number of aliphatic carboxylic acids is 1. The van der Waals surface area contributed by atoms with Gasteiger partial charge in [-0.15, -0.1) is 0 Å². The van der Waals surface area contributed by atoms with Crippen molar-refractivity contribution in [1.82, 2.24) is 10.2 Å². The largest absolute Gasteiger partial charge is 0.481 e. The molecule has 2 amide bonds. The summed E-state index contributed by atoms with van der Waals surface area (Å²) in [5.41, 5.74) is 0. The number of likely N-dealkylation sites (tertiary alicyclic amines) is 1. The van der Waals surface area contributed by atoms with Crippen LogP contribution in [-0.4, -0.2) is 41.6 Å². The van der Waals surface area contributed by atoms with Gasteiger partial charge in [0.25, 0.3) is 0 Å². The molecule has 104 valence electrons. The number of amides is 2. The van der Waals surface area contributed by atoms with Gasteiger partial charge in [0.2, 0.25) is 0 Å². The maximum Gasteiger partial charge on any atom is 0.317 e. The zero-order valence-corrected chi connectivity index (χ0v) is 11.3. The van der Waals surface area contributed by atoms with Crippen LogP contribution >= 0.6 is 0 Å². The minimum Gasteiger partial charge on any atom is -0.481 e. The Morgan fingerprint density at radius 1 is 1.28 bits per heavy atom. The average Bonchev–Trinajstić information content (AvgIpc) is 2.31. The number of carbonyl (C=O) groups excluding carboxylic acids is 1. The van der Waals surface area contributed by atoms with E-state index in [1.807, 2.05) is 4.90 Å². The number of hydrogen-bond acceptors (Lipinski definition) is 2. The number of rotatable bonds is 5. The van der Waals surface area contributed by atoms with Crippen LogP contribution in [0.2, 0.25) is 0 Å². The molecule has 1 aliphatic rings. The molecule has 5 nitrogen and oxygen atoms in total. The Labute approximate surface area is 109 Å². The Bertz CT molecular complexity index is 294. The number of nitrogens with one attached hydrogen (secondary N) is 1. The lowest BCUT2D eigenvalue weighted by atomic mass is 9.89. The molecule has 2 atom stereocenters. The number of piperidine rings is 1. The number of hydrogen-bond donors (Lipinski definition) is 2. The number of nitrogens with zero attached hydrogens (tertiary/aromatic N) is 1. The molecule has 0 aromatic rings. The first-order chi connectivity index (χ1) is 8.50. The first-order valence-electron chi connectivity index (χ1n) is 6.75. The van der Waals surface area contributed by atoms with Crippen molar-refractivity contribution in [3.8, 4) is 0 Å². The number of carboxylic acids is 1. The van der Waals surface area contributed by atoms with E-state index in [2.05, 4.69) is 19.2 Å². The van der Waals surface area contributed by atoms with E-state index in [-0.39, 0.29) is 12.5 Å². The number of carbonyl (C=O) groups is 2. The van der Waals surface area contributed by atoms with Crippen LogP contribution < -0.4 is 5.32 Å². The summed E-state index contributed by atoms with van der Waals surface area (Å²) in [6.07, 6.45) is 2.57. The smallest absolute Gasteiger partial charge is 0.317 e. The van der Waals surface area contributed by atoms with E-state index < -0.39 is 5.97 Å². The van der Waals surface area contributed by atoms with Gasteiger partial charge in [-0.1, -0.05) is 13.8 Å². The van der Waals surface area contributed by atoms with Gasteiger partial charge in [0.15, 0.2) is 0 Å². The van der Waals surface area contributed by atoms with Gasteiger partial charge in [0.05, 0.1) is 0 Å². The van der Waals surface area contributed by atoms with E-state index >= 15 is 0 Å². The molecule has 0 radical (unpaired) electrons. The molecule has 0 aromatic heterocycles. The Balaban J connectivity index is 2.15. The SMILES string of the molecule is CC1CCN(C(=O)NCCCCC(=O)O)CC1C. The van der Waals surface area contributed by atoms with Gasteiger partial charge >= 0.3 is 12.0 Å². The number of carboxylic acid groups (broad SMARTS) is 1. The lowest BCUT2D eigenvalue weighted by Gasteiger charge is -2.35. The maximum absolute atomic E-state index is 11.8. The standard InChI is InChI=1S/C13H24N2O3/c1-10-6-8-15(9-11(10)2)13(18)14-7-4-3-5-12(16)17/h10-11H,3-9H2,1-2H3,(H,14,18)(H,16,17). The summed E-state index contributed by atoms with van der Waals surface area (Å²) in [5.74, 6) is 0.460. The number of urea groups is 1. The monoisotopic (exact) mass is 256 g/mol. The summed E-state index contributed by atoms with van der Waals surface area (Å²) in [5, 5.41) is 11.3. The minimum absolute atomic E-state index is 0.0101. The van der Waals surface area contributed by atoms with Crippen LogP contribution in [0.25, 0.3) is 0 Å². The maximum atomic E-state index is 11.8. The third-order valence-corrected chi connectivity index (χ3v) is 3.71. The quantitative estimate of drug-likeness (QED) is 0.738. The Morgan fingerprint density at radius 2 is 2.00 bits per heavy atom. The second kappa shape index (κ2) is 7.24. The molecule has 1 aliphatic heterocycles. The first kappa shape index (κ1) is 14.8. The van der Waals surface area contributed by atoms with Crippen LogP contribution in [0, 0.1) is 11.8 Å². The van der Waals surface area contributed by atoms with E-state index in [0.29, 0.717) is 24.8 Å². The second-order valence-corrected chi connectivity index (χ2v) is 5.27. The van der Waals surface area contributed by atoms with Crippen molar-refractivity contribution >= 4 is 12.0 Å². The topological polar surface area (TPSA) is 69.6 Å². The molecule has 0 bridgehead atoms. The molecule has 2 unspecified atom stereocenters. The fourth-order valence-corrected chi connectivity index (χ4v) is 2.16. The van der Waals surface area contributed by atoms with Crippen LogP contribution in [0.5, 0.6) is 0 Å². The zero-order valence-electron chi connectivity index (χ0n) is 11.3. The molecular formula is C13H24N2O3. The minimum atomic E-state index is -0.778. The third kappa shape index (κ3) is 4.94. The molecule has 0 saturated carbocycles. The summed E-state index contributed by atoms with van der Waals surface area (Å²) in [6, 6.07) is -0.0101. The van der Waals surface area contributed by atoms with Gasteiger partial charge < -0.3 is 15.3 Å². The van der Waals surface area contributed by atoms with E-state index in [0.717, 1.165) is 25.9 Å². The summed E-state index contributed by atoms with van der Waals surface area (Å²) in [6.45, 7) is 6.61. The van der Waals surface area contributed by atoms with Crippen molar-refractivity contribution in [2.45, 2.75) is 39.5 Å². The molecule has 5 heteroatoms. The van der Waals surface area contributed by atoms with Gasteiger partial charge in [-0.25, -0.2) is 4.79 Å². The molecule has 0 aliphatic carbocycles. The zero-order chi connectivity index (χ0) is 13.5. The molecule has 1 fully saturated rings. The van der Waals surface area contributed by atoms with Gasteiger partial charge in [-0.3, -0.25) is 4.79 Å². The third-order valence-electron chi connectivity index (χ3n) is 3.71. The Kier molecular flexibility index (Phi) is 5.95. The lowest BCUT2D eigenvalue weighted by Crippen LogP contribution is -2.47. The van der Waals surface area contributed by atoms with Crippen molar-refractivity contribution < 1.29 is 14.7 Å². The summed E-state index contributed by atoms with van der Waals surface area (Å²) in [7, 11) is 0. The highest BCUT2D eigenvalue weighted by Crippen LogP contribution is 2.22. The first-order valence-corrected chi connectivity index (χ1v) is 6.75.